The Morgan fingerprint density at radius 3 is 2.84 bits per heavy atom. The number of aliphatic hydroxyl groups is 2. The number of ketones is 1. The van der Waals surface area contributed by atoms with Crippen LogP contribution in [0.15, 0.2) is 11.3 Å². The van der Waals surface area contributed by atoms with Crippen LogP contribution in [-0.2, 0) is 14.3 Å². The molecular weight excluding hydrogens is 248 g/mol. The van der Waals surface area contributed by atoms with Gasteiger partial charge in [-0.3, -0.25) is 0 Å². The molecule has 2 aliphatic rings. The molecular formula is C14H20O5. The summed E-state index contributed by atoms with van der Waals surface area (Å²) in [6, 6.07) is 0. The van der Waals surface area contributed by atoms with Crippen molar-refractivity contribution >= 4 is 11.8 Å². The summed E-state index contributed by atoms with van der Waals surface area (Å²) in [6.45, 7) is 1.54. The lowest BCUT2D eigenvalue weighted by atomic mass is 9.79. The van der Waals surface area contributed by atoms with Gasteiger partial charge in [0.25, 0.3) is 0 Å². The van der Waals surface area contributed by atoms with E-state index in [9.17, 15) is 19.8 Å². The molecule has 0 spiro atoms. The van der Waals surface area contributed by atoms with E-state index in [1.807, 2.05) is 0 Å². The zero-order chi connectivity index (χ0) is 14.0. The summed E-state index contributed by atoms with van der Waals surface area (Å²) in [7, 11) is 0. The van der Waals surface area contributed by atoms with Gasteiger partial charge < -0.3 is 19.7 Å². The van der Waals surface area contributed by atoms with Crippen LogP contribution in [0.4, 0.5) is 0 Å². The largest absolute Gasteiger partial charge is 0.512 e. The fraction of sp³-hybridized carbons (Fsp3) is 0.714. The number of esters is 1. The third-order valence-corrected chi connectivity index (χ3v) is 3.80. The van der Waals surface area contributed by atoms with Crippen LogP contribution in [0.25, 0.3) is 0 Å². The van der Waals surface area contributed by atoms with Gasteiger partial charge in [-0.1, -0.05) is 0 Å². The highest BCUT2D eigenvalue weighted by molar-refractivity contribution is 5.90. The minimum Gasteiger partial charge on any atom is -0.512 e. The van der Waals surface area contributed by atoms with Gasteiger partial charge in [-0.2, -0.15) is 0 Å². The van der Waals surface area contributed by atoms with E-state index in [-0.39, 0.29) is 30.0 Å². The van der Waals surface area contributed by atoms with Crippen LogP contribution >= 0.6 is 0 Å². The Balaban J connectivity index is 1.98. The van der Waals surface area contributed by atoms with Crippen LogP contribution in [0.5, 0.6) is 0 Å². The Morgan fingerprint density at radius 1 is 1.42 bits per heavy atom. The number of carbonyl (C=O) groups excluding carboxylic acids is 2. The zero-order valence-corrected chi connectivity index (χ0v) is 11.1. The molecule has 0 aromatic rings. The fourth-order valence-corrected chi connectivity index (χ4v) is 2.93. The predicted molar refractivity (Wildman–Crippen MR) is 67.4 cm³/mol. The molecule has 1 fully saturated rings. The lowest BCUT2D eigenvalue weighted by Gasteiger charge is -2.35. The standard InChI is InChI=1S/C14H20O5/c1-8(15)3-2-4-11-6-9-5-10(16)7-12(17)13(9)14(18)19-11/h9-11,16-17H,2-7H2,1H3/t9-,10+,11+/m0/s1. The molecule has 3 atom stereocenters. The lowest BCUT2D eigenvalue weighted by molar-refractivity contribution is -0.151. The molecule has 1 saturated heterocycles. The van der Waals surface area contributed by atoms with Crippen molar-refractivity contribution in [3.05, 3.63) is 11.3 Å². The van der Waals surface area contributed by atoms with Crippen molar-refractivity contribution in [1.82, 2.24) is 0 Å². The van der Waals surface area contributed by atoms with Crippen LogP contribution < -0.4 is 0 Å². The number of aliphatic hydroxyl groups excluding tert-OH is 2. The van der Waals surface area contributed by atoms with Crippen molar-refractivity contribution < 1.29 is 24.5 Å². The summed E-state index contributed by atoms with van der Waals surface area (Å²) in [5.41, 5.74) is 0.341. The van der Waals surface area contributed by atoms with Gasteiger partial charge in [0.15, 0.2) is 0 Å². The van der Waals surface area contributed by atoms with Crippen molar-refractivity contribution in [3.63, 3.8) is 0 Å². The van der Waals surface area contributed by atoms with Crippen LogP contribution in [0.3, 0.4) is 0 Å². The predicted octanol–water partition coefficient (Wildman–Crippen LogP) is 1.64. The first-order valence-electron chi connectivity index (χ1n) is 6.78. The van der Waals surface area contributed by atoms with E-state index >= 15 is 0 Å². The molecule has 0 aromatic heterocycles. The SMILES string of the molecule is CC(=O)CCC[C@@H]1C[C@@H]2C[C@@H](O)CC(O)=C2C(=O)O1. The highest BCUT2D eigenvalue weighted by Crippen LogP contribution is 2.38. The number of hydrogen-bond acceptors (Lipinski definition) is 5. The second kappa shape index (κ2) is 5.74. The van der Waals surface area contributed by atoms with Gasteiger partial charge in [-0.15, -0.1) is 0 Å². The molecule has 2 N–H and O–H groups in total. The Bertz CT molecular complexity index is 412. The number of hydrogen-bond donors (Lipinski definition) is 2. The average Bonchev–Trinajstić information content (AvgIpc) is 2.26. The van der Waals surface area contributed by atoms with E-state index < -0.39 is 12.1 Å². The molecule has 0 saturated carbocycles. The first-order chi connectivity index (χ1) is 8.97. The van der Waals surface area contributed by atoms with Gasteiger partial charge in [0, 0.05) is 18.8 Å². The van der Waals surface area contributed by atoms with Gasteiger partial charge in [-0.25, -0.2) is 4.79 Å². The molecule has 0 bridgehead atoms. The number of rotatable bonds is 4. The summed E-state index contributed by atoms with van der Waals surface area (Å²) in [5.74, 6) is -0.481. The third kappa shape index (κ3) is 3.35. The van der Waals surface area contributed by atoms with Crippen LogP contribution in [0.2, 0.25) is 0 Å². The Kier molecular flexibility index (Phi) is 4.24. The third-order valence-electron chi connectivity index (χ3n) is 3.80. The van der Waals surface area contributed by atoms with Gasteiger partial charge in [0.2, 0.25) is 0 Å². The number of ether oxygens (including phenoxy) is 1. The average molecular weight is 268 g/mol. The molecule has 1 aliphatic carbocycles. The summed E-state index contributed by atoms with van der Waals surface area (Å²) < 4.78 is 5.29. The monoisotopic (exact) mass is 268 g/mol. The lowest BCUT2D eigenvalue weighted by Crippen LogP contribution is -2.37. The van der Waals surface area contributed by atoms with E-state index in [0.717, 1.165) is 0 Å². The molecule has 106 valence electrons. The van der Waals surface area contributed by atoms with Crippen LogP contribution in [0, 0.1) is 5.92 Å². The highest BCUT2D eigenvalue weighted by atomic mass is 16.5. The normalized spacial score (nSPS) is 30.8. The van der Waals surface area contributed by atoms with Crippen molar-refractivity contribution in [2.45, 2.75) is 57.7 Å². The van der Waals surface area contributed by atoms with Gasteiger partial charge in [0.05, 0.1) is 11.7 Å². The van der Waals surface area contributed by atoms with E-state index in [0.29, 0.717) is 37.7 Å². The number of fused-ring (bicyclic) bond motifs is 1. The van der Waals surface area contributed by atoms with Gasteiger partial charge in [0.1, 0.15) is 17.6 Å². The first kappa shape index (κ1) is 14.1. The molecule has 5 nitrogen and oxygen atoms in total. The van der Waals surface area contributed by atoms with Gasteiger partial charge in [-0.05, 0) is 32.6 Å². The summed E-state index contributed by atoms with van der Waals surface area (Å²) >= 11 is 0. The van der Waals surface area contributed by atoms with E-state index in [1.165, 1.54) is 0 Å². The molecule has 0 unspecified atom stereocenters. The van der Waals surface area contributed by atoms with Crippen LogP contribution in [-0.4, -0.2) is 34.2 Å². The fourth-order valence-electron chi connectivity index (χ4n) is 2.93. The van der Waals surface area contributed by atoms with Crippen molar-refractivity contribution in [2.24, 2.45) is 5.92 Å². The molecule has 0 aromatic carbocycles. The molecule has 1 heterocycles. The topological polar surface area (TPSA) is 83.8 Å². The maximum Gasteiger partial charge on any atom is 0.337 e. The molecule has 2 rings (SSSR count). The molecule has 0 radical (unpaired) electrons. The Morgan fingerprint density at radius 2 is 2.16 bits per heavy atom. The number of cyclic esters (lactones) is 1. The highest BCUT2D eigenvalue weighted by Gasteiger charge is 2.39. The van der Waals surface area contributed by atoms with E-state index in [4.69, 9.17) is 4.74 Å². The van der Waals surface area contributed by atoms with Crippen molar-refractivity contribution in [3.8, 4) is 0 Å². The molecule has 19 heavy (non-hydrogen) atoms. The van der Waals surface area contributed by atoms with Crippen molar-refractivity contribution in [1.29, 1.82) is 0 Å². The summed E-state index contributed by atoms with van der Waals surface area (Å²) in [6.07, 6.45) is 2.32. The van der Waals surface area contributed by atoms with Crippen LogP contribution in [0.1, 0.15) is 45.4 Å². The maximum absolute atomic E-state index is 11.9. The Labute approximate surface area is 112 Å². The van der Waals surface area contributed by atoms with E-state index in [2.05, 4.69) is 0 Å². The molecule has 1 aliphatic heterocycles. The minimum absolute atomic E-state index is 0.0315. The minimum atomic E-state index is -0.586. The summed E-state index contributed by atoms with van der Waals surface area (Å²) in [4.78, 5) is 22.7. The maximum atomic E-state index is 11.9. The summed E-state index contributed by atoms with van der Waals surface area (Å²) in [5, 5.41) is 19.4. The van der Waals surface area contributed by atoms with Crippen molar-refractivity contribution in [2.75, 3.05) is 0 Å². The zero-order valence-electron chi connectivity index (χ0n) is 11.1. The quantitative estimate of drug-likeness (QED) is 0.757. The number of carbonyl (C=O) groups is 2. The first-order valence-corrected chi connectivity index (χ1v) is 6.78. The Hall–Kier alpha value is -1.36. The van der Waals surface area contributed by atoms with E-state index in [1.54, 1.807) is 6.92 Å². The second-order valence-electron chi connectivity index (χ2n) is 5.51. The molecule has 0 amide bonds. The smallest absolute Gasteiger partial charge is 0.337 e. The number of Topliss-reactive ketones (excluding diaryl/α,β-unsaturated/α-hetero) is 1. The second-order valence-corrected chi connectivity index (χ2v) is 5.51. The molecule has 5 heteroatoms. The van der Waals surface area contributed by atoms with Gasteiger partial charge >= 0.3 is 5.97 Å².